The zero-order valence-electron chi connectivity index (χ0n) is 77.2. The van der Waals surface area contributed by atoms with Gasteiger partial charge < -0.3 is 52.5 Å². The Morgan fingerprint density at radius 1 is 0.455 bits per heavy atom. The Labute approximate surface area is 788 Å². The number of aromatic nitrogens is 4. The molecule has 2 aliphatic heterocycles. The molecule has 2 saturated carbocycles. The molecule has 11 N–H and O–H groups in total. The standard InChI is InChI=1S/C28H39N3O4S.C21H26N2O4S.C20H25N3O4S.C11H13NO2.C10H15NO3S.C9H16.CH4.ClH/c1-4-26-27-23(17-31(26)16-20-8-6-19(3)7-9-20)14-22(15-29-27)28(33)30-25(18-32)21-10-12-24(13-11-21)36(34,35)5-2;1-3-14-5-6-16-11-17(12-22-20(14)16)21(25)23-19(13-24)15-7-9-18(10-8-15)28(26,27)4-2;1-3-17-19-14(10-21-17)9-15(11-22-19)20(25)23-18(12-24)13-5-7-16(8-6-13)28(26,27)4-2;1-2-7-3-4-8-5-9(11(13)14)6-12-10(7)8;1-2-15(13,14)9-5-3-8(4-6-9)10(11)7-12;1-3-9-6-4-8(2)5-7-9;;/h10-15,19-20,25-26,32H,4-9,16-18H2,1-3H3,(H,30,33);7-12,14,19,24H,3-6,13H2,1-2H3,(H,23,25);5-9,11,17-18,21,24H,3-4,10,12H2,1-2H3,(H,23,25);5-7H,2-4H2,1H3,(H,13,14);3-6,10,12H,2,7,11H2,1H3;3,8-9H,1,4-7H2,2H3;1H4;1H/t19?,20?,25-,26-;14-,19+;17-,18-;7-;10-;;;/m01010.../s1. The fourth-order valence-electron chi connectivity index (χ4n) is 17.3. The summed E-state index contributed by atoms with van der Waals surface area (Å²) in [5.41, 5.74) is 18.5. The Morgan fingerprint density at radius 3 is 1.14 bits per heavy atom. The number of carboxylic acids is 1. The third kappa shape index (κ3) is 29.2. The molecule has 8 atom stereocenters. The number of nitrogens with one attached hydrogen (secondary N) is 4. The maximum absolute atomic E-state index is 13.1. The summed E-state index contributed by atoms with van der Waals surface area (Å²) in [5.74, 6) is 2.70. The van der Waals surface area contributed by atoms with Crippen molar-refractivity contribution in [3.05, 3.63) is 248 Å². The molecule has 132 heavy (non-hydrogen) atoms. The number of sulfone groups is 4. The second-order valence-corrected chi connectivity index (χ2v) is 43.7. The van der Waals surface area contributed by atoms with Gasteiger partial charge in [-0.15, -0.1) is 19.0 Å². The molecule has 4 aromatic heterocycles. The summed E-state index contributed by atoms with van der Waals surface area (Å²) in [6, 6.07) is 30.6. The van der Waals surface area contributed by atoms with E-state index >= 15 is 0 Å². The Hall–Kier alpha value is -9.09. The summed E-state index contributed by atoms with van der Waals surface area (Å²) < 4.78 is 94.8. The van der Waals surface area contributed by atoms with Crippen LogP contribution in [0.3, 0.4) is 0 Å². The van der Waals surface area contributed by atoms with Crippen LogP contribution in [0.2, 0.25) is 0 Å². The normalized spacial score (nSPS) is 19.7. The van der Waals surface area contributed by atoms with Crippen LogP contribution >= 0.6 is 12.4 Å². The van der Waals surface area contributed by atoms with Gasteiger partial charge in [-0.1, -0.05) is 157 Å². The van der Waals surface area contributed by atoms with Crippen molar-refractivity contribution in [2.45, 2.75) is 260 Å². The number of fused-ring (bicyclic) bond motifs is 4. The van der Waals surface area contributed by atoms with Crippen molar-refractivity contribution in [2.75, 3.05) is 56.0 Å². The first-order chi connectivity index (χ1) is 62.1. The topological polar surface area (TPSA) is 435 Å². The van der Waals surface area contributed by atoms with Crippen molar-refractivity contribution in [2.24, 2.45) is 29.4 Å². The Balaban J connectivity index is 0.000000226. The zero-order valence-corrected chi connectivity index (χ0v) is 81.2. The van der Waals surface area contributed by atoms with Gasteiger partial charge in [0.25, 0.3) is 17.7 Å². The highest BCUT2D eigenvalue weighted by Gasteiger charge is 2.35. The summed E-state index contributed by atoms with van der Waals surface area (Å²) in [6.45, 7) is 25.0. The van der Waals surface area contributed by atoms with E-state index in [1.807, 2.05) is 18.2 Å². The first-order valence-electron chi connectivity index (χ1n) is 45.8. The molecule has 32 heteroatoms. The predicted molar refractivity (Wildman–Crippen MR) is 519 cm³/mol. The molecule has 6 aliphatic rings. The lowest BCUT2D eigenvalue weighted by molar-refractivity contribution is 0.0695. The molecule has 0 radical (unpaired) electrons. The van der Waals surface area contributed by atoms with Crippen LogP contribution in [0.15, 0.2) is 178 Å². The molecule has 4 aromatic carbocycles. The molecular weight excluding hydrogens is 1780 g/mol. The van der Waals surface area contributed by atoms with E-state index in [-0.39, 0.29) is 108 Å². The van der Waals surface area contributed by atoms with E-state index in [2.05, 4.69) is 95.3 Å². The molecule has 0 unspecified atom stereocenters. The number of carbonyl (C=O) groups is 4. The van der Waals surface area contributed by atoms with E-state index in [1.54, 1.807) is 101 Å². The highest BCUT2D eigenvalue weighted by molar-refractivity contribution is 7.92. The number of nitrogens with zero attached hydrogens (tertiary/aromatic N) is 5. The van der Waals surface area contributed by atoms with Crippen molar-refractivity contribution >= 4 is 75.4 Å². The van der Waals surface area contributed by atoms with Crippen LogP contribution in [-0.2, 0) is 65.3 Å². The lowest BCUT2D eigenvalue weighted by Gasteiger charge is -2.32. The maximum Gasteiger partial charge on any atom is 0.337 e. The average Bonchev–Trinajstić information content (AvgIpc) is 1.63. The number of hydrogen-bond donors (Lipinski definition) is 10. The molecule has 3 amide bonds. The number of rotatable bonds is 30. The van der Waals surface area contributed by atoms with Gasteiger partial charge >= 0.3 is 5.97 Å². The Bertz CT molecular complexity index is 5430. The fourth-order valence-corrected chi connectivity index (χ4v) is 20.9. The molecule has 0 saturated heterocycles. The van der Waals surface area contributed by atoms with E-state index < -0.39 is 69.5 Å². The minimum atomic E-state index is -3.30. The van der Waals surface area contributed by atoms with Crippen LogP contribution in [0.5, 0.6) is 0 Å². The number of benzene rings is 4. The number of carboxylic acid groups (broad SMARTS) is 1. The molecule has 0 spiro atoms. The van der Waals surface area contributed by atoms with Crippen molar-refractivity contribution < 1.29 is 78.4 Å². The fraction of sp³-hybridized carbons (Fsp3) is 0.500. The second-order valence-electron chi connectivity index (χ2n) is 34.5. The molecule has 27 nitrogen and oxygen atoms in total. The van der Waals surface area contributed by atoms with Crippen LogP contribution in [-0.4, -0.2) is 164 Å². The van der Waals surface area contributed by atoms with Crippen molar-refractivity contribution in [3.8, 4) is 0 Å². The number of nitrogens with two attached hydrogens (primary N) is 1. The van der Waals surface area contributed by atoms with Crippen LogP contribution in [0.25, 0.3) is 0 Å². The van der Waals surface area contributed by atoms with E-state index in [4.69, 9.17) is 20.9 Å². The SMILES string of the molecule is C.C=CC1CCC(C)CC1.CCS(=O)(=O)c1ccc([C@@H](N)CO)cc1.CC[C@@H]1CCc2cc(C(=O)N[C@@H](CO)c3ccc(S(=O)(=O)CC)cc3)cnc21.CC[C@@H]1CCc2cc(C(=O)O)cnc21.CC[C@@H]1NCc2cc(C(=O)N[C@@H](CO)c3ccc(S(=O)(=O)CC)cc3)cnc21.CC[C@H]1c2ncc(C(=O)N[C@@H](CO)c3ccc(S(=O)(=O)CC)cc3)cc2CN1CC1CCC(C)CC1.Cl. The van der Waals surface area contributed by atoms with Gasteiger partial charge in [0, 0.05) is 73.7 Å². The summed E-state index contributed by atoms with van der Waals surface area (Å²) in [5, 5.41) is 58.8. The lowest BCUT2D eigenvalue weighted by Crippen LogP contribution is -2.31. The minimum Gasteiger partial charge on any atom is -0.478 e. The average molecular weight is 1920 g/mol. The largest absolute Gasteiger partial charge is 0.478 e. The van der Waals surface area contributed by atoms with E-state index in [0.717, 1.165) is 139 Å². The van der Waals surface area contributed by atoms with Gasteiger partial charge in [0.2, 0.25) is 0 Å². The van der Waals surface area contributed by atoms with Gasteiger partial charge in [0.05, 0.1) is 133 Å². The summed E-state index contributed by atoms with van der Waals surface area (Å²) in [4.78, 5) is 70.5. The monoisotopic (exact) mass is 1910 g/mol. The summed E-state index contributed by atoms with van der Waals surface area (Å²) in [7, 11) is -13.0. The predicted octanol–water partition coefficient (Wildman–Crippen LogP) is 15.9. The smallest absolute Gasteiger partial charge is 0.337 e. The van der Waals surface area contributed by atoms with Gasteiger partial charge in [-0.3, -0.25) is 39.2 Å². The van der Waals surface area contributed by atoms with Crippen LogP contribution in [0.1, 0.15) is 323 Å². The molecule has 8 aromatic rings. The molecule has 2 fully saturated rings. The van der Waals surface area contributed by atoms with Crippen LogP contribution in [0.4, 0.5) is 0 Å². The van der Waals surface area contributed by atoms with E-state index in [1.165, 1.54) is 106 Å². The molecular formula is C100H139ClN10O17S4. The third-order valence-corrected chi connectivity index (χ3v) is 32.9. The first kappa shape index (κ1) is 110. The minimum absolute atomic E-state index is 0. The highest BCUT2D eigenvalue weighted by Crippen LogP contribution is 2.40. The number of aliphatic hydroxyl groups excluding tert-OH is 4. The first-order valence-corrected chi connectivity index (χ1v) is 52.4. The van der Waals surface area contributed by atoms with Crippen molar-refractivity contribution in [1.29, 1.82) is 0 Å². The zero-order chi connectivity index (χ0) is 94.8. The number of carbonyl (C=O) groups excluding carboxylic acids is 3. The highest BCUT2D eigenvalue weighted by atomic mass is 35.5. The second kappa shape index (κ2) is 51.6. The quantitative estimate of drug-likeness (QED) is 0.0187. The Kier molecular flexibility index (Phi) is 42.9. The number of aromatic carboxylic acids is 1. The number of amides is 3. The molecule has 0 bridgehead atoms. The van der Waals surface area contributed by atoms with Crippen LogP contribution < -0.4 is 27.0 Å². The number of allylic oxidation sites excluding steroid dienone is 1. The maximum atomic E-state index is 13.1. The molecule has 14 rings (SSSR count). The van der Waals surface area contributed by atoms with Crippen molar-refractivity contribution in [3.63, 3.8) is 0 Å². The van der Waals surface area contributed by atoms with Gasteiger partial charge in [0.15, 0.2) is 39.3 Å². The van der Waals surface area contributed by atoms with Gasteiger partial charge in [-0.25, -0.2) is 38.5 Å². The van der Waals surface area contributed by atoms with Crippen LogP contribution in [0, 0.1) is 23.7 Å². The molecule has 722 valence electrons. The number of aryl methyl sites for hydroxylation is 2. The van der Waals surface area contributed by atoms with Gasteiger partial charge in [0.1, 0.15) is 0 Å². The summed E-state index contributed by atoms with van der Waals surface area (Å²) >= 11 is 0. The van der Waals surface area contributed by atoms with Gasteiger partial charge in [-0.05, 0) is 218 Å². The summed E-state index contributed by atoms with van der Waals surface area (Å²) in [6.07, 6.45) is 27.3. The molecule has 4 aliphatic carbocycles. The Morgan fingerprint density at radius 2 is 0.795 bits per heavy atom. The van der Waals surface area contributed by atoms with E-state index in [9.17, 15) is 68.2 Å². The number of aliphatic hydroxyl groups is 4. The number of pyridine rings is 4. The number of hydrogen-bond acceptors (Lipinski definition) is 23. The van der Waals surface area contributed by atoms with Gasteiger partial charge in [-0.2, -0.15) is 0 Å². The van der Waals surface area contributed by atoms with Crippen molar-refractivity contribution in [1.82, 2.24) is 46.1 Å². The van der Waals surface area contributed by atoms with E-state index in [0.29, 0.717) is 68.3 Å². The number of halogens is 1. The molecule has 6 heterocycles. The third-order valence-electron chi connectivity index (χ3n) is 25.9. The lowest BCUT2D eigenvalue weighted by atomic mass is 9.82.